The monoisotopic (exact) mass is 548 g/mol. The van der Waals surface area contributed by atoms with E-state index in [1.807, 2.05) is 66.7 Å². The standard InChI is InChI=1S/C28H24N2O6S2/c29-25-15-13-23(27(17-25)37-36-35-31)11-5-19-1-7-21(8-2-19)22-9-3-20(4-10-22)6-12-24-14-16-26(30)18-28(24)38(32,33)34/h1-18,31H,29-30H2,(H,32,33,34). The van der Waals surface area contributed by atoms with E-state index in [2.05, 4.69) is 9.37 Å². The minimum Gasteiger partial charge on any atom is -0.399 e. The molecule has 0 saturated heterocycles. The average Bonchev–Trinajstić information content (AvgIpc) is 2.91. The van der Waals surface area contributed by atoms with Crippen molar-refractivity contribution in [3.63, 3.8) is 0 Å². The first-order valence-corrected chi connectivity index (χ1v) is 13.4. The van der Waals surface area contributed by atoms with Gasteiger partial charge < -0.3 is 11.5 Å². The zero-order chi connectivity index (χ0) is 27.1. The molecule has 194 valence electrons. The summed E-state index contributed by atoms with van der Waals surface area (Å²) in [5.41, 5.74) is 17.4. The Morgan fingerprint density at radius 3 is 1.71 bits per heavy atom. The highest BCUT2D eigenvalue weighted by Gasteiger charge is 2.14. The third-order valence-corrected chi connectivity index (χ3v) is 7.14. The number of hydrogen-bond acceptors (Lipinski definition) is 8. The molecule has 0 atom stereocenters. The molecule has 0 aromatic heterocycles. The van der Waals surface area contributed by atoms with Crippen LogP contribution in [0.3, 0.4) is 0 Å². The summed E-state index contributed by atoms with van der Waals surface area (Å²) in [6.45, 7) is 0. The Bertz CT molecular complexity index is 1580. The van der Waals surface area contributed by atoms with Crippen molar-refractivity contribution in [2.45, 2.75) is 9.79 Å². The molecular weight excluding hydrogens is 524 g/mol. The van der Waals surface area contributed by atoms with Crippen LogP contribution in [0.25, 0.3) is 35.4 Å². The molecule has 4 aromatic rings. The fourth-order valence-electron chi connectivity index (χ4n) is 3.67. The molecule has 8 nitrogen and oxygen atoms in total. The van der Waals surface area contributed by atoms with Gasteiger partial charge in [-0.1, -0.05) is 90.0 Å². The van der Waals surface area contributed by atoms with Crippen molar-refractivity contribution in [1.82, 2.24) is 0 Å². The Morgan fingerprint density at radius 1 is 0.684 bits per heavy atom. The summed E-state index contributed by atoms with van der Waals surface area (Å²) in [5, 5.41) is 12.1. The summed E-state index contributed by atoms with van der Waals surface area (Å²) in [6.07, 6.45) is 7.24. The summed E-state index contributed by atoms with van der Waals surface area (Å²) in [7, 11) is -4.40. The number of nitrogens with two attached hydrogens (primary N) is 2. The number of nitrogen functional groups attached to an aromatic ring is 2. The van der Waals surface area contributed by atoms with Crippen molar-refractivity contribution in [2.75, 3.05) is 11.5 Å². The van der Waals surface area contributed by atoms with E-state index in [1.54, 1.807) is 36.4 Å². The number of rotatable bonds is 9. The van der Waals surface area contributed by atoms with Crippen LogP contribution in [0.2, 0.25) is 0 Å². The highest BCUT2D eigenvalue weighted by Crippen LogP contribution is 2.28. The van der Waals surface area contributed by atoms with Crippen LogP contribution in [0, 0.1) is 0 Å². The lowest BCUT2D eigenvalue weighted by Crippen LogP contribution is -2.02. The second-order valence-corrected chi connectivity index (χ2v) is 10.3. The van der Waals surface area contributed by atoms with Gasteiger partial charge in [-0.15, -0.1) is 4.33 Å². The fraction of sp³-hybridized carbons (Fsp3) is 0. The second kappa shape index (κ2) is 12.1. The normalized spacial score (nSPS) is 11.9. The molecule has 0 aliphatic carbocycles. The highest BCUT2D eigenvalue weighted by atomic mass is 32.2. The largest absolute Gasteiger partial charge is 0.399 e. The number of benzene rings is 4. The van der Waals surface area contributed by atoms with Crippen LogP contribution < -0.4 is 11.5 Å². The lowest BCUT2D eigenvalue weighted by molar-refractivity contribution is -0.432. The van der Waals surface area contributed by atoms with Crippen LogP contribution in [0.15, 0.2) is 94.7 Å². The van der Waals surface area contributed by atoms with Crippen molar-refractivity contribution in [2.24, 2.45) is 0 Å². The molecule has 0 radical (unpaired) electrons. The Morgan fingerprint density at radius 2 is 1.18 bits per heavy atom. The van der Waals surface area contributed by atoms with Crippen LogP contribution in [0.5, 0.6) is 0 Å². The van der Waals surface area contributed by atoms with Crippen molar-refractivity contribution < 1.29 is 27.6 Å². The lowest BCUT2D eigenvalue weighted by Gasteiger charge is -2.06. The van der Waals surface area contributed by atoms with Crippen molar-refractivity contribution in [1.29, 1.82) is 0 Å². The van der Waals surface area contributed by atoms with Crippen LogP contribution in [0.1, 0.15) is 22.3 Å². The van der Waals surface area contributed by atoms with E-state index < -0.39 is 10.1 Å². The third-order valence-electron chi connectivity index (χ3n) is 5.57. The summed E-state index contributed by atoms with van der Waals surface area (Å²) < 4.78 is 37.3. The molecule has 0 spiro atoms. The zero-order valence-corrected chi connectivity index (χ0v) is 21.5. The van der Waals surface area contributed by atoms with Gasteiger partial charge in [-0.05, 0) is 57.6 Å². The van der Waals surface area contributed by atoms with E-state index in [9.17, 15) is 13.0 Å². The van der Waals surface area contributed by atoms with Gasteiger partial charge in [0.25, 0.3) is 10.1 Å². The maximum Gasteiger partial charge on any atom is 0.295 e. The molecule has 38 heavy (non-hydrogen) atoms. The van der Waals surface area contributed by atoms with Crippen molar-refractivity contribution >= 4 is 57.8 Å². The summed E-state index contributed by atoms with van der Waals surface area (Å²) in [5.74, 6) is 0. The smallest absolute Gasteiger partial charge is 0.295 e. The second-order valence-electron chi connectivity index (χ2n) is 8.21. The molecule has 0 aliphatic heterocycles. The van der Waals surface area contributed by atoms with Gasteiger partial charge in [-0.2, -0.15) is 8.42 Å². The quantitative estimate of drug-likeness (QED) is 0.0458. The topological polar surface area (TPSA) is 145 Å². The van der Waals surface area contributed by atoms with Crippen molar-refractivity contribution in [3.05, 3.63) is 107 Å². The van der Waals surface area contributed by atoms with Crippen LogP contribution >= 0.6 is 12.0 Å². The Labute approximate surface area is 224 Å². The molecule has 4 aromatic carbocycles. The van der Waals surface area contributed by atoms with E-state index in [0.717, 1.165) is 39.9 Å². The minimum atomic E-state index is -4.40. The third kappa shape index (κ3) is 7.11. The number of anilines is 2. The maximum atomic E-state index is 11.7. The molecule has 0 amide bonds. The predicted molar refractivity (Wildman–Crippen MR) is 152 cm³/mol. The zero-order valence-electron chi connectivity index (χ0n) is 19.9. The molecule has 10 heteroatoms. The van der Waals surface area contributed by atoms with E-state index in [1.165, 1.54) is 6.07 Å². The van der Waals surface area contributed by atoms with Gasteiger partial charge in [-0.3, -0.25) is 4.55 Å². The molecule has 6 N–H and O–H groups in total. The Kier molecular flexibility index (Phi) is 8.64. The first-order chi connectivity index (χ1) is 18.2. The van der Waals surface area contributed by atoms with Gasteiger partial charge in [0.1, 0.15) is 4.90 Å². The van der Waals surface area contributed by atoms with Gasteiger partial charge in [-0.25, -0.2) is 5.26 Å². The SMILES string of the molecule is Nc1ccc(C=Cc2ccc(-c3ccc(C=Cc4ccc(N)cc4S(=O)(=O)O)cc3)cc2)c(SOOO)c1. The van der Waals surface area contributed by atoms with Crippen LogP contribution in [0.4, 0.5) is 11.4 Å². The molecule has 0 bridgehead atoms. The minimum absolute atomic E-state index is 0.238. The van der Waals surface area contributed by atoms with Gasteiger partial charge in [0.15, 0.2) is 0 Å². The molecule has 0 unspecified atom stereocenters. The Hall–Kier alpha value is -3.90. The average molecular weight is 549 g/mol. The van der Waals surface area contributed by atoms with E-state index in [4.69, 9.17) is 16.7 Å². The van der Waals surface area contributed by atoms with Gasteiger partial charge >= 0.3 is 0 Å². The number of hydrogen-bond donors (Lipinski definition) is 4. The van der Waals surface area contributed by atoms with Gasteiger partial charge in [0, 0.05) is 16.3 Å². The molecule has 4 rings (SSSR count). The van der Waals surface area contributed by atoms with E-state index in [-0.39, 0.29) is 10.6 Å². The molecule has 0 fully saturated rings. The summed E-state index contributed by atoms with van der Waals surface area (Å²) in [6, 6.07) is 25.5. The predicted octanol–water partition coefficient (Wildman–Crippen LogP) is 6.53. The summed E-state index contributed by atoms with van der Waals surface area (Å²) in [4.78, 5) is 0.449. The molecule has 0 aliphatic rings. The van der Waals surface area contributed by atoms with E-state index in [0.29, 0.717) is 16.1 Å². The molecule has 0 saturated carbocycles. The fourth-order valence-corrected chi connectivity index (χ4v) is 4.91. The Balaban J connectivity index is 1.47. The molecular formula is C28H24N2O6S2. The van der Waals surface area contributed by atoms with E-state index >= 15 is 0 Å². The van der Waals surface area contributed by atoms with Crippen molar-refractivity contribution in [3.8, 4) is 11.1 Å². The maximum absolute atomic E-state index is 11.7. The lowest BCUT2D eigenvalue weighted by atomic mass is 10.0. The first-order valence-electron chi connectivity index (χ1n) is 11.2. The van der Waals surface area contributed by atoms with Gasteiger partial charge in [0.2, 0.25) is 0 Å². The summed E-state index contributed by atoms with van der Waals surface area (Å²) >= 11 is 0.850. The molecule has 0 heterocycles. The van der Waals surface area contributed by atoms with Crippen LogP contribution in [-0.4, -0.2) is 18.2 Å². The first kappa shape index (κ1) is 27.1. The van der Waals surface area contributed by atoms with Gasteiger partial charge in [0.05, 0.1) is 12.0 Å². The van der Waals surface area contributed by atoms with Crippen LogP contribution in [-0.2, 0) is 19.5 Å². The highest BCUT2D eigenvalue weighted by molar-refractivity contribution is 7.94.